The van der Waals surface area contributed by atoms with E-state index in [1.165, 1.54) is 12.3 Å². The number of hydrogen-bond acceptors (Lipinski definition) is 3. The summed E-state index contributed by atoms with van der Waals surface area (Å²) in [6, 6.07) is 3.01. The third kappa shape index (κ3) is 2.80. The molecular formula is C12H14F3N3O. The maximum Gasteiger partial charge on any atom is 0.411 e. The number of carbonyl (C=O) groups is 1. The number of aromatic nitrogens is 1. The van der Waals surface area contributed by atoms with Gasteiger partial charge >= 0.3 is 6.18 Å². The van der Waals surface area contributed by atoms with Gasteiger partial charge in [-0.3, -0.25) is 4.79 Å². The van der Waals surface area contributed by atoms with E-state index in [1.807, 2.05) is 6.92 Å². The van der Waals surface area contributed by atoms with Gasteiger partial charge in [-0.15, -0.1) is 0 Å². The van der Waals surface area contributed by atoms with Gasteiger partial charge in [0.2, 0.25) is 0 Å². The molecule has 1 fully saturated rings. The molecule has 2 N–H and O–H groups in total. The first kappa shape index (κ1) is 13.6. The van der Waals surface area contributed by atoms with Crippen molar-refractivity contribution in [3.63, 3.8) is 0 Å². The molecule has 0 aromatic carbocycles. The molecule has 1 aliphatic rings. The first-order valence-electron chi connectivity index (χ1n) is 5.97. The molecule has 0 atom stereocenters. The molecule has 104 valence electrons. The fraction of sp³-hybridized carbons (Fsp3) is 0.500. The van der Waals surface area contributed by atoms with E-state index in [-0.39, 0.29) is 18.4 Å². The van der Waals surface area contributed by atoms with E-state index >= 15 is 0 Å². The van der Waals surface area contributed by atoms with Gasteiger partial charge in [-0.05, 0) is 31.9 Å². The Bertz CT molecular complexity index is 466. The number of pyridine rings is 1. The summed E-state index contributed by atoms with van der Waals surface area (Å²) < 4.78 is 38.1. The molecule has 0 radical (unpaired) electrons. The van der Waals surface area contributed by atoms with Crippen LogP contribution in [0, 0.1) is 0 Å². The molecule has 2 rings (SSSR count). The second-order valence-electron chi connectivity index (χ2n) is 4.50. The molecule has 1 saturated carbocycles. The molecule has 1 heterocycles. The molecule has 0 saturated heterocycles. The van der Waals surface area contributed by atoms with Crippen molar-refractivity contribution in [2.45, 2.75) is 31.5 Å². The molecule has 4 nitrogen and oxygen atoms in total. The zero-order valence-corrected chi connectivity index (χ0v) is 10.3. The standard InChI is InChI=1S/C12H14F3N3O/c1-2-16-9-4-3-8(7-17-9)10(19)18-11(5-6-11)12(13,14)15/h3-4,7H,2,5-6H2,1H3,(H,16,17)(H,18,19). The molecule has 0 bridgehead atoms. The minimum Gasteiger partial charge on any atom is -0.370 e. The van der Waals surface area contributed by atoms with Crippen LogP contribution < -0.4 is 10.6 Å². The Labute approximate surface area is 108 Å². The van der Waals surface area contributed by atoms with Gasteiger partial charge in [-0.25, -0.2) is 4.98 Å². The quantitative estimate of drug-likeness (QED) is 0.885. The number of carbonyl (C=O) groups excluding carboxylic acids is 1. The van der Waals surface area contributed by atoms with Crippen LogP contribution in [0.2, 0.25) is 0 Å². The van der Waals surface area contributed by atoms with Crippen LogP contribution in [0.1, 0.15) is 30.1 Å². The third-order valence-corrected chi connectivity index (χ3v) is 3.03. The van der Waals surface area contributed by atoms with Crippen LogP contribution in [0.15, 0.2) is 18.3 Å². The summed E-state index contributed by atoms with van der Waals surface area (Å²) >= 11 is 0. The van der Waals surface area contributed by atoms with E-state index in [0.29, 0.717) is 12.4 Å². The summed E-state index contributed by atoms with van der Waals surface area (Å²) in [7, 11) is 0. The van der Waals surface area contributed by atoms with E-state index < -0.39 is 17.6 Å². The normalized spacial score (nSPS) is 16.8. The second kappa shape index (κ2) is 4.71. The van der Waals surface area contributed by atoms with Gasteiger partial charge in [-0.2, -0.15) is 13.2 Å². The minimum atomic E-state index is -4.40. The molecule has 19 heavy (non-hydrogen) atoms. The molecule has 0 spiro atoms. The van der Waals surface area contributed by atoms with Crippen molar-refractivity contribution in [3.8, 4) is 0 Å². The predicted octanol–water partition coefficient (Wildman–Crippen LogP) is 2.34. The third-order valence-electron chi connectivity index (χ3n) is 3.03. The highest BCUT2D eigenvalue weighted by Crippen LogP contribution is 2.49. The van der Waals surface area contributed by atoms with Crippen molar-refractivity contribution >= 4 is 11.7 Å². The van der Waals surface area contributed by atoms with E-state index in [1.54, 1.807) is 6.07 Å². The Morgan fingerprint density at radius 3 is 2.53 bits per heavy atom. The van der Waals surface area contributed by atoms with E-state index in [0.717, 1.165) is 0 Å². The van der Waals surface area contributed by atoms with Crippen LogP contribution in [0.3, 0.4) is 0 Å². The van der Waals surface area contributed by atoms with Crippen LogP contribution in [0.25, 0.3) is 0 Å². The number of halogens is 3. The maximum atomic E-state index is 12.7. The van der Waals surface area contributed by atoms with Gasteiger partial charge in [0.1, 0.15) is 11.4 Å². The number of anilines is 1. The molecule has 1 aromatic rings. The van der Waals surface area contributed by atoms with Gasteiger partial charge in [0, 0.05) is 12.7 Å². The lowest BCUT2D eigenvalue weighted by Crippen LogP contribution is -2.47. The molecule has 7 heteroatoms. The van der Waals surface area contributed by atoms with Gasteiger partial charge in [0.05, 0.1) is 5.56 Å². The lowest BCUT2D eigenvalue weighted by atomic mass is 10.2. The Morgan fingerprint density at radius 1 is 1.42 bits per heavy atom. The average molecular weight is 273 g/mol. The van der Waals surface area contributed by atoms with Gasteiger partial charge in [0.25, 0.3) is 5.91 Å². The lowest BCUT2D eigenvalue weighted by molar-refractivity contribution is -0.163. The zero-order valence-electron chi connectivity index (χ0n) is 10.3. The summed E-state index contributed by atoms with van der Waals surface area (Å²) in [5.41, 5.74) is -1.91. The highest BCUT2D eigenvalue weighted by Gasteiger charge is 2.64. The summed E-state index contributed by atoms with van der Waals surface area (Å²) in [5, 5.41) is 4.99. The topological polar surface area (TPSA) is 54.0 Å². The van der Waals surface area contributed by atoms with Crippen LogP contribution >= 0.6 is 0 Å². The smallest absolute Gasteiger partial charge is 0.370 e. The van der Waals surface area contributed by atoms with Crippen LogP contribution in [0.4, 0.5) is 19.0 Å². The maximum absolute atomic E-state index is 12.7. The van der Waals surface area contributed by atoms with Crippen molar-refractivity contribution in [1.29, 1.82) is 0 Å². The molecule has 0 aliphatic heterocycles. The van der Waals surface area contributed by atoms with Crippen molar-refractivity contribution < 1.29 is 18.0 Å². The lowest BCUT2D eigenvalue weighted by Gasteiger charge is -2.20. The fourth-order valence-corrected chi connectivity index (χ4v) is 1.71. The van der Waals surface area contributed by atoms with Gasteiger partial charge in [-0.1, -0.05) is 0 Å². The highest BCUT2D eigenvalue weighted by molar-refractivity contribution is 5.94. The Balaban J connectivity index is 2.04. The number of nitrogens with one attached hydrogen (secondary N) is 2. The molecule has 1 aliphatic carbocycles. The summed E-state index contributed by atoms with van der Waals surface area (Å²) in [5.74, 6) is -0.165. The largest absolute Gasteiger partial charge is 0.411 e. The van der Waals surface area contributed by atoms with Crippen LogP contribution in [0.5, 0.6) is 0 Å². The Hall–Kier alpha value is -1.79. The molecule has 1 aromatic heterocycles. The highest BCUT2D eigenvalue weighted by atomic mass is 19.4. The Morgan fingerprint density at radius 2 is 2.11 bits per heavy atom. The van der Waals surface area contributed by atoms with Crippen LogP contribution in [-0.4, -0.2) is 29.2 Å². The van der Waals surface area contributed by atoms with E-state index in [2.05, 4.69) is 15.6 Å². The summed E-state index contributed by atoms with van der Waals surface area (Å²) in [6.45, 7) is 2.57. The SMILES string of the molecule is CCNc1ccc(C(=O)NC2(C(F)(F)F)CC2)cn1. The molecule has 0 unspecified atom stereocenters. The monoisotopic (exact) mass is 273 g/mol. The van der Waals surface area contributed by atoms with E-state index in [9.17, 15) is 18.0 Å². The molecule has 1 amide bonds. The van der Waals surface area contributed by atoms with Gasteiger partial charge < -0.3 is 10.6 Å². The van der Waals surface area contributed by atoms with Crippen molar-refractivity contribution in [3.05, 3.63) is 23.9 Å². The summed E-state index contributed by atoms with van der Waals surface area (Å²) in [6.07, 6.45) is -3.27. The number of hydrogen-bond donors (Lipinski definition) is 2. The van der Waals surface area contributed by atoms with Crippen LogP contribution in [-0.2, 0) is 0 Å². The van der Waals surface area contributed by atoms with Gasteiger partial charge in [0.15, 0.2) is 0 Å². The minimum absolute atomic E-state index is 0.0643. The fourth-order valence-electron chi connectivity index (χ4n) is 1.71. The number of alkyl halides is 3. The molecular weight excluding hydrogens is 259 g/mol. The average Bonchev–Trinajstić information content (AvgIpc) is 3.10. The predicted molar refractivity (Wildman–Crippen MR) is 63.9 cm³/mol. The number of rotatable bonds is 4. The number of nitrogens with zero attached hydrogens (tertiary/aromatic N) is 1. The zero-order chi connectivity index (χ0) is 14.1. The van der Waals surface area contributed by atoms with E-state index in [4.69, 9.17) is 0 Å². The van der Waals surface area contributed by atoms with Crippen molar-refractivity contribution in [2.24, 2.45) is 0 Å². The second-order valence-corrected chi connectivity index (χ2v) is 4.50. The van der Waals surface area contributed by atoms with Crippen molar-refractivity contribution in [2.75, 3.05) is 11.9 Å². The Kier molecular flexibility index (Phi) is 3.38. The first-order valence-corrected chi connectivity index (χ1v) is 5.97. The van der Waals surface area contributed by atoms with Crippen molar-refractivity contribution in [1.82, 2.24) is 10.3 Å². The first-order chi connectivity index (χ1) is 8.88. The summed E-state index contributed by atoms with van der Waals surface area (Å²) in [4.78, 5) is 15.7. The number of amides is 1.